The van der Waals surface area contributed by atoms with Crippen molar-refractivity contribution in [1.82, 2.24) is 25.1 Å². The van der Waals surface area contributed by atoms with E-state index in [4.69, 9.17) is 0 Å². The van der Waals surface area contributed by atoms with Crippen LogP contribution in [0.5, 0.6) is 0 Å². The Morgan fingerprint density at radius 2 is 1.20 bits per heavy atom. The average Bonchev–Trinajstić information content (AvgIpc) is 3.92. The van der Waals surface area contributed by atoms with Crippen molar-refractivity contribution in [2.75, 3.05) is 18.4 Å². The van der Waals surface area contributed by atoms with E-state index in [9.17, 15) is 19.2 Å². The molecule has 4 heterocycles. The van der Waals surface area contributed by atoms with Crippen molar-refractivity contribution in [3.05, 3.63) is 144 Å². The number of benzene rings is 3. The van der Waals surface area contributed by atoms with Crippen LogP contribution in [-0.2, 0) is 9.59 Å². The fourth-order valence-corrected chi connectivity index (χ4v) is 7.93. The number of hydrogen-bond acceptors (Lipinski definition) is 6. The van der Waals surface area contributed by atoms with Crippen molar-refractivity contribution in [2.24, 2.45) is 5.92 Å². The van der Waals surface area contributed by atoms with E-state index in [0.717, 1.165) is 57.6 Å². The molecule has 3 aliphatic rings. The Morgan fingerprint density at radius 3 is 1.76 bits per heavy atom. The first-order valence-electron chi connectivity index (χ1n) is 18.9. The summed E-state index contributed by atoms with van der Waals surface area (Å²) >= 11 is 0. The number of amides is 4. The topological polar surface area (TPSA) is 125 Å². The van der Waals surface area contributed by atoms with E-state index in [-0.39, 0.29) is 29.5 Å². The molecule has 0 radical (unpaired) electrons. The van der Waals surface area contributed by atoms with Crippen molar-refractivity contribution in [1.29, 1.82) is 0 Å². The van der Waals surface area contributed by atoms with Crippen LogP contribution in [0.3, 0.4) is 0 Å². The van der Waals surface area contributed by atoms with Gasteiger partial charge in [0.25, 0.3) is 11.8 Å². The second-order valence-corrected chi connectivity index (χ2v) is 14.5. The highest BCUT2D eigenvalue weighted by atomic mass is 16.2. The Labute approximate surface area is 319 Å². The number of fused-ring (bicyclic) bond motifs is 2. The molecule has 2 fully saturated rings. The second kappa shape index (κ2) is 15.5. The van der Waals surface area contributed by atoms with Crippen molar-refractivity contribution < 1.29 is 19.2 Å². The van der Waals surface area contributed by atoms with Crippen LogP contribution in [0.25, 0.3) is 27.6 Å². The molecule has 10 heteroatoms. The van der Waals surface area contributed by atoms with Crippen LogP contribution in [0.2, 0.25) is 0 Å². The highest BCUT2D eigenvalue weighted by Gasteiger charge is 2.37. The zero-order valence-corrected chi connectivity index (χ0v) is 30.7. The second-order valence-electron chi connectivity index (χ2n) is 14.5. The maximum absolute atomic E-state index is 13.6. The monoisotopic (exact) mass is 730 g/mol. The molecule has 276 valence electrons. The van der Waals surface area contributed by atoms with E-state index in [0.29, 0.717) is 43.0 Å². The number of anilines is 1. The molecule has 1 aliphatic carbocycles. The number of likely N-dealkylation sites (tertiary alicyclic amines) is 2. The molecular formula is C45H42N6O4. The fourth-order valence-electron chi connectivity index (χ4n) is 7.93. The Bertz CT molecular complexity index is 2390. The number of aromatic nitrogens is 2. The van der Waals surface area contributed by atoms with Gasteiger partial charge in [-0.25, -0.2) is 0 Å². The average molecular weight is 731 g/mol. The van der Waals surface area contributed by atoms with Gasteiger partial charge >= 0.3 is 0 Å². The molecule has 10 nitrogen and oxygen atoms in total. The largest absolute Gasteiger partial charge is 0.328 e. The van der Waals surface area contributed by atoms with Gasteiger partial charge in [-0.3, -0.25) is 29.1 Å². The fraction of sp³-hybridized carbons (Fsp3) is 0.244. The van der Waals surface area contributed by atoms with Crippen molar-refractivity contribution >= 4 is 56.9 Å². The van der Waals surface area contributed by atoms with Crippen LogP contribution in [0.15, 0.2) is 127 Å². The maximum atomic E-state index is 13.6. The number of pyridine rings is 2. The lowest BCUT2D eigenvalue weighted by Crippen LogP contribution is -2.46. The number of nitrogens with one attached hydrogen (secondary N) is 2. The molecule has 2 aromatic heterocycles. The Morgan fingerprint density at radius 1 is 0.655 bits per heavy atom. The molecule has 0 spiro atoms. The number of rotatable bonds is 8. The minimum absolute atomic E-state index is 0.0786. The Kier molecular flexibility index (Phi) is 10.0. The lowest BCUT2D eigenvalue weighted by molar-refractivity contribution is -0.124. The molecule has 2 aliphatic heterocycles. The predicted molar refractivity (Wildman–Crippen MR) is 214 cm³/mol. The van der Waals surface area contributed by atoms with E-state index in [2.05, 4.69) is 33.6 Å². The molecular weight excluding hydrogens is 689 g/mol. The number of carbonyl (C=O) groups is 4. The molecule has 5 aromatic rings. The quantitative estimate of drug-likeness (QED) is 0.173. The van der Waals surface area contributed by atoms with Crippen LogP contribution in [0.4, 0.5) is 5.69 Å². The van der Waals surface area contributed by atoms with Crippen molar-refractivity contribution in [2.45, 2.75) is 51.1 Å². The number of hydrogen-bond donors (Lipinski definition) is 2. The van der Waals surface area contributed by atoms with Gasteiger partial charge in [0.15, 0.2) is 0 Å². The normalized spacial score (nSPS) is 19.8. The summed E-state index contributed by atoms with van der Waals surface area (Å²) in [7, 11) is 0. The van der Waals surface area contributed by atoms with Gasteiger partial charge in [-0.15, -0.1) is 0 Å². The highest BCUT2D eigenvalue weighted by molar-refractivity contribution is 6.08. The van der Waals surface area contributed by atoms with Crippen molar-refractivity contribution in [3.63, 3.8) is 0 Å². The minimum atomic E-state index is -0.567. The molecule has 55 heavy (non-hydrogen) atoms. The van der Waals surface area contributed by atoms with Gasteiger partial charge in [-0.05, 0) is 84.4 Å². The molecule has 2 saturated heterocycles. The van der Waals surface area contributed by atoms with Crippen LogP contribution < -0.4 is 10.6 Å². The maximum Gasteiger partial charge on any atom is 0.273 e. The number of carbonyl (C=O) groups excluding carboxylic acids is 4. The number of nitrogens with zero attached hydrogens (tertiary/aromatic N) is 4. The summed E-state index contributed by atoms with van der Waals surface area (Å²) in [4.78, 5) is 66.2. The molecule has 1 unspecified atom stereocenters. The molecule has 2 N–H and O–H groups in total. The molecule has 0 bridgehead atoms. The summed E-state index contributed by atoms with van der Waals surface area (Å²) in [6.45, 7) is 3.11. The standard InChI is InChI=1S/C45H42N6O4/c1-29-28-31(18-21-37(29)49-43(53)39-13-7-27-51(39)45(55)41-36-11-5-3-9-33(36)23-25-47-41)15-14-30-16-19-34(20-17-30)48-42(52)38-12-6-26-50(38)44(54)40-35-10-4-2-8-32(35)22-24-46-40/h2-5,8-11,14-25,29,38-39H,6-7,12-13,26-28H2,1H3,(H,48,52)(H,49,53)/b15-14+/t29?,38-,39-/m0/s1. The summed E-state index contributed by atoms with van der Waals surface area (Å²) in [5.74, 6) is -0.745. The Hall–Kier alpha value is -6.42. The first-order valence-corrected chi connectivity index (χ1v) is 18.9. The van der Waals surface area contributed by atoms with Gasteiger partial charge in [0, 0.05) is 53.6 Å². The zero-order valence-electron chi connectivity index (χ0n) is 30.7. The van der Waals surface area contributed by atoms with Crippen molar-refractivity contribution in [3.8, 4) is 0 Å². The highest BCUT2D eigenvalue weighted by Crippen LogP contribution is 2.29. The van der Waals surface area contributed by atoms with E-state index in [1.165, 1.54) is 0 Å². The first kappa shape index (κ1) is 35.6. The van der Waals surface area contributed by atoms with Gasteiger partial charge in [0.05, 0.1) is 0 Å². The smallest absolute Gasteiger partial charge is 0.273 e. The molecule has 3 aromatic carbocycles. The number of allylic oxidation sites excluding steroid dienone is 5. The summed E-state index contributed by atoms with van der Waals surface area (Å²) in [5.41, 5.74) is 4.33. The van der Waals surface area contributed by atoms with Crippen LogP contribution in [0.1, 0.15) is 65.6 Å². The van der Waals surface area contributed by atoms with E-state index >= 15 is 0 Å². The van der Waals surface area contributed by atoms with E-state index in [1.54, 1.807) is 22.2 Å². The molecule has 8 rings (SSSR count). The van der Waals surface area contributed by atoms with Gasteiger partial charge < -0.3 is 20.4 Å². The third-order valence-corrected chi connectivity index (χ3v) is 10.9. The van der Waals surface area contributed by atoms with Gasteiger partial charge in [0.2, 0.25) is 11.8 Å². The third-order valence-electron chi connectivity index (χ3n) is 10.9. The van der Waals surface area contributed by atoms with Gasteiger partial charge in [0.1, 0.15) is 23.5 Å². The SMILES string of the molecule is CC1CC(/C=C/c2ccc(NC(=O)[C@@H]3CCCN3C(=O)c3nccc4ccccc34)cc2)=CC=C1NC(=O)[C@@H]1CCCN1C(=O)c1nccc2ccccc12. The third kappa shape index (κ3) is 7.40. The van der Waals surface area contributed by atoms with Crippen LogP contribution >= 0.6 is 0 Å². The van der Waals surface area contributed by atoms with E-state index < -0.39 is 12.1 Å². The predicted octanol–water partition coefficient (Wildman–Crippen LogP) is 7.31. The van der Waals surface area contributed by atoms with E-state index in [1.807, 2.05) is 103 Å². The lowest BCUT2D eigenvalue weighted by Gasteiger charge is -2.27. The zero-order chi connectivity index (χ0) is 37.9. The molecule has 0 saturated carbocycles. The summed E-state index contributed by atoms with van der Waals surface area (Å²) < 4.78 is 0. The Balaban J connectivity index is 0.870. The van der Waals surface area contributed by atoms with Gasteiger partial charge in [-0.2, -0.15) is 0 Å². The van der Waals surface area contributed by atoms with Gasteiger partial charge in [-0.1, -0.05) is 85.8 Å². The minimum Gasteiger partial charge on any atom is -0.328 e. The summed E-state index contributed by atoms with van der Waals surface area (Å²) in [6, 6.07) is 25.6. The molecule has 4 amide bonds. The summed E-state index contributed by atoms with van der Waals surface area (Å²) in [6.07, 6.45) is 14.8. The first-order chi connectivity index (χ1) is 26.8. The van der Waals surface area contributed by atoms with Crippen LogP contribution in [-0.4, -0.2) is 68.6 Å². The molecule has 3 atom stereocenters. The lowest BCUT2D eigenvalue weighted by atomic mass is 9.92. The van der Waals surface area contributed by atoms with Crippen LogP contribution in [0, 0.1) is 5.92 Å². The summed E-state index contributed by atoms with van der Waals surface area (Å²) in [5, 5.41) is 9.58.